The first-order valence-electron chi connectivity index (χ1n) is 13.4. The number of halogens is 2. The van der Waals surface area contributed by atoms with E-state index in [1.807, 2.05) is 0 Å². The van der Waals surface area contributed by atoms with Crippen molar-refractivity contribution in [2.75, 3.05) is 16.5 Å². The first kappa shape index (κ1) is 36.0. The fourth-order valence-corrected chi connectivity index (χ4v) is 5.70. The van der Waals surface area contributed by atoms with Gasteiger partial charge >= 0.3 is 6.08 Å². The highest BCUT2D eigenvalue weighted by Gasteiger charge is 2.21. The number of nitrogens with one attached hydrogen (secondary N) is 2. The number of nitrogens with zero attached hydrogens (tertiary/aromatic N) is 6. The summed E-state index contributed by atoms with van der Waals surface area (Å²) < 4.78 is 97.1. The van der Waals surface area contributed by atoms with Gasteiger partial charge in [-0.1, -0.05) is 23.2 Å². The van der Waals surface area contributed by atoms with Crippen LogP contribution in [0.5, 0.6) is 5.75 Å². The fourth-order valence-electron chi connectivity index (χ4n) is 4.25. The van der Waals surface area contributed by atoms with Gasteiger partial charge in [0.05, 0.1) is 28.3 Å². The lowest BCUT2D eigenvalue weighted by Crippen LogP contribution is -2.13. The molecule has 1 heterocycles. The van der Waals surface area contributed by atoms with Crippen LogP contribution in [-0.4, -0.2) is 52.1 Å². The lowest BCUT2D eigenvalue weighted by atomic mass is 10.1. The van der Waals surface area contributed by atoms with Gasteiger partial charge in [0, 0.05) is 22.5 Å². The topological polar surface area (TPSA) is 267 Å². The van der Waals surface area contributed by atoms with E-state index in [9.17, 15) is 39.8 Å². The van der Waals surface area contributed by atoms with Crippen molar-refractivity contribution in [1.82, 2.24) is 9.97 Å². The monoisotopic (exact) mass is 750 g/mol. The van der Waals surface area contributed by atoms with Crippen LogP contribution in [0, 0.1) is 12.0 Å². The van der Waals surface area contributed by atoms with Gasteiger partial charge < -0.3 is 15.7 Å². The molecule has 5 aromatic rings. The Morgan fingerprint density at radius 2 is 1.60 bits per heavy atom. The number of rotatable bonds is 13. The Morgan fingerprint density at radius 1 is 0.840 bits per heavy atom. The second-order valence-electron chi connectivity index (χ2n) is 9.62. The molecule has 18 nitrogen and oxygen atoms in total. The summed E-state index contributed by atoms with van der Waals surface area (Å²) in [4.78, 5) is 5.68. The predicted molar refractivity (Wildman–Crippen MR) is 173 cm³/mol. The molecular weight excluding hydrogens is 731 g/mol. The highest BCUT2D eigenvalue weighted by atomic mass is 32.2. The summed E-state index contributed by atoms with van der Waals surface area (Å²) in [6.07, 6.45) is -1.30. The lowest BCUT2D eigenvalue weighted by Gasteiger charge is -2.14. The fraction of sp³-hybridized carbons (Fsp3) is 0.0370. The van der Waals surface area contributed by atoms with Gasteiger partial charge in [0.25, 0.3) is 20.2 Å². The lowest BCUT2D eigenvalue weighted by molar-refractivity contribution is -0.432. The number of hydrogen-bond donors (Lipinski definition) is 6. The summed E-state index contributed by atoms with van der Waals surface area (Å²) in [5, 5.41) is 45.3. The van der Waals surface area contributed by atoms with Crippen LogP contribution >= 0.6 is 12.0 Å². The van der Waals surface area contributed by atoms with Crippen LogP contribution in [0.2, 0.25) is 0 Å². The van der Waals surface area contributed by atoms with E-state index in [2.05, 4.69) is 50.4 Å². The number of anilines is 3. The molecule has 23 heteroatoms. The number of aromatic hydroxyl groups is 1. The van der Waals surface area contributed by atoms with E-state index in [1.165, 1.54) is 60.7 Å². The standard InChI is InChI=1S/C27H20F2N8O10S3/c28-22-12-23(33-27(29)32-22)31-14-4-3-5-15(10-14)34-36-24-17-11-20(48-47-46-39)25(37-35-18-6-1-2-7-21(18)50(43,44)45)26(38)16(17)8-9-19(24)30-13-49(40,41)42/h1-12,30,38-39H,13H2,(H,31,32,33)(H,40,41,42)(H,43,44,45). The molecular formula is C27H20F2N8O10S3. The maximum Gasteiger partial charge on any atom is 0.313 e. The Kier molecular flexibility index (Phi) is 10.9. The van der Waals surface area contributed by atoms with Crippen molar-refractivity contribution in [3.05, 3.63) is 84.8 Å². The first-order chi connectivity index (χ1) is 23.7. The largest absolute Gasteiger partial charge is 0.505 e. The molecule has 0 aliphatic rings. The number of hydrogen-bond acceptors (Lipinski definition) is 17. The minimum Gasteiger partial charge on any atom is -0.505 e. The van der Waals surface area contributed by atoms with Gasteiger partial charge in [0.2, 0.25) is 5.95 Å². The van der Waals surface area contributed by atoms with Crippen molar-refractivity contribution in [3.63, 3.8) is 0 Å². The molecule has 0 amide bonds. The number of aromatic nitrogens is 2. The summed E-state index contributed by atoms with van der Waals surface area (Å²) in [6, 6.07) is 15.8. The zero-order valence-electron chi connectivity index (χ0n) is 24.5. The van der Waals surface area contributed by atoms with Crippen molar-refractivity contribution in [3.8, 4) is 5.75 Å². The second kappa shape index (κ2) is 15.1. The van der Waals surface area contributed by atoms with Gasteiger partial charge in [-0.3, -0.25) is 9.11 Å². The Morgan fingerprint density at radius 3 is 2.32 bits per heavy atom. The molecule has 0 spiro atoms. The molecule has 0 fully saturated rings. The normalized spacial score (nSPS) is 12.3. The quantitative estimate of drug-likeness (QED) is 0.0133. The van der Waals surface area contributed by atoms with E-state index < -0.39 is 48.8 Å². The molecule has 260 valence electrons. The minimum atomic E-state index is -4.71. The van der Waals surface area contributed by atoms with Crippen LogP contribution < -0.4 is 10.6 Å². The van der Waals surface area contributed by atoms with Crippen molar-refractivity contribution in [2.24, 2.45) is 20.5 Å². The Labute approximate surface area is 284 Å². The van der Waals surface area contributed by atoms with Crippen molar-refractivity contribution >= 4 is 83.0 Å². The summed E-state index contributed by atoms with van der Waals surface area (Å²) in [6.45, 7) is 0. The van der Waals surface area contributed by atoms with Gasteiger partial charge in [-0.25, -0.2) is 5.26 Å². The molecule has 4 aromatic carbocycles. The molecule has 6 N–H and O–H groups in total. The number of azo groups is 2. The van der Waals surface area contributed by atoms with E-state index in [1.54, 1.807) is 0 Å². The number of phenols is 1. The van der Waals surface area contributed by atoms with E-state index in [0.29, 0.717) is 12.0 Å². The molecule has 0 atom stereocenters. The predicted octanol–water partition coefficient (Wildman–Crippen LogP) is 7.12. The Bertz CT molecular complexity index is 2350. The molecule has 0 saturated carbocycles. The van der Waals surface area contributed by atoms with Crippen molar-refractivity contribution < 1.29 is 54.5 Å². The van der Waals surface area contributed by atoms with Crippen LogP contribution in [-0.2, 0) is 29.6 Å². The Hall–Kier alpha value is -5.27. The average molecular weight is 751 g/mol. The molecule has 5 rings (SSSR count). The van der Waals surface area contributed by atoms with Crippen LogP contribution in [0.3, 0.4) is 0 Å². The molecule has 0 aliphatic carbocycles. The number of fused-ring (bicyclic) bond motifs is 1. The third kappa shape index (κ3) is 9.04. The average Bonchev–Trinajstić information content (AvgIpc) is 3.04. The highest BCUT2D eigenvalue weighted by Crippen LogP contribution is 2.48. The van der Waals surface area contributed by atoms with Crippen LogP contribution in [0.1, 0.15) is 0 Å². The van der Waals surface area contributed by atoms with Gasteiger partial charge in [0.1, 0.15) is 33.7 Å². The van der Waals surface area contributed by atoms with E-state index >= 15 is 0 Å². The van der Waals surface area contributed by atoms with Gasteiger partial charge in [-0.2, -0.15) is 40.7 Å². The van der Waals surface area contributed by atoms with Crippen LogP contribution in [0.15, 0.2) is 103 Å². The van der Waals surface area contributed by atoms with Gasteiger partial charge in [0.15, 0.2) is 5.75 Å². The molecule has 0 unspecified atom stereocenters. The minimum absolute atomic E-state index is 0.00813. The summed E-state index contributed by atoms with van der Waals surface area (Å²) in [7, 11) is -9.26. The first-order valence-corrected chi connectivity index (χ1v) is 17.1. The maximum atomic E-state index is 13.5. The zero-order chi connectivity index (χ0) is 36.1. The molecule has 0 aliphatic heterocycles. The molecule has 0 radical (unpaired) electrons. The van der Waals surface area contributed by atoms with Crippen molar-refractivity contribution in [1.29, 1.82) is 0 Å². The SMILES string of the molecule is O=S(=O)(O)CNc1ccc2c(O)c(N=Nc3ccccc3S(=O)(=O)O)c(SOOO)cc2c1N=Nc1cccc(Nc2cc(F)nc(F)n2)c1. The second-order valence-corrected chi connectivity index (χ2v) is 13.2. The smallest absolute Gasteiger partial charge is 0.313 e. The molecule has 0 bridgehead atoms. The van der Waals surface area contributed by atoms with Gasteiger partial charge in [-0.15, -0.1) is 19.7 Å². The highest BCUT2D eigenvalue weighted by molar-refractivity contribution is 7.94. The van der Waals surface area contributed by atoms with Crippen molar-refractivity contribution in [2.45, 2.75) is 9.79 Å². The van der Waals surface area contributed by atoms with E-state index in [-0.39, 0.29) is 55.6 Å². The summed E-state index contributed by atoms with van der Waals surface area (Å²) in [5.74, 6) is -2.85. The number of benzene rings is 4. The maximum absolute atomic E-state index is 13.5. The van der Waals surface area contributed by atoms with Crippen LogP contribution in [0.25, 0.3) is 10.8 Å². The third-order valence-corrected chi connectivity index (χ3v) is 8.29. The number of phenolic OH excluding ortho intramolecular Hbond substituents is 1. The summed E-state index contributed by atoms with van der Waals surface area (Å²) >= 11 is 0.318. The Balaban J connectivity index is 1.62. The van der Waals surface area contributed by atoms with E-state index in [4.69, 9.17) is 5.26 Å². The van der Waals surface area contributed by atoms with Gasteiger partial charge in [-0.05, 0) is 48.5 Å². The van der Waals surface area contributed by atoms with Crippen LogP contribution in [0.4, 0.5) is 48.7 Å². The third-order valence-electron chi connectivity index (χ3n) is 6.26. The zero-order valence-corrected chi connectivity index (χ0v) is 27.0. The molecule has 1 aromatic heterocycles. The summed E-state index contributed by atoms with van der Waals surface area (Å²) in [5.41, 5.74) is -0.289. The van der Waals surface area contributed by atoms with E-state index in [0.717, 1.165) is 12.1 Å². The molecule has 50 heavy (non-hydrogen) atoms. The molecule has 0 saturated heterocycles.